The zero-order valence-electron chi connectivity index (χ0n) is 12.4. The van der Waals surface area contributed by atoms with Gasteiger partial charge in [-0.3, -0.25) is 5.32 Å². The smallest absolute Gasteiger partial charge is 0.411 e. The molecule has 7 nitrogen and oxygen atoms in total. The van der Waals surface area contributed by atoms with Crippen molar-refractivity contribution in [1.29, 1.82) is 0 Å². The van der Waals surface area contributed by atoms with Gasteiger partial charge in [0, 0.05) is 11.8 Å². The standard InChI is InChI=1S/C15H16N2O5S/c1-21-13-9-12(7-8-14(13)23(16,19)20)17-15(18)22-10-11-5-3-2-4-6-11/h2-9H,10H2,1H3,(H,17,18)(H2,16,19,20). The molecule has 122 valence electrons. The first-order valence-electron chi connectivity index (χ1n) is 6.58. The molecule has 0 saturated carbocycles. The number of carbonyl (C=O) groups is 1. The second kappa shape index (κ2) is 7.12. The predicted octanol–water partition coefficient (Wildman–Crippen LogP) is 2.09. The Bertz CT molecular complexity index is 791. The summed E-state index contributed by atoms with van der Waals surface area (Å²) in [6.45, 7) is 0.124. The molecule has 0 spiro atoms. The first-order valence-corrected chi connectivity index (χ1v) is 8.13. The van der Waals surface area contributed by atoms with E-state index in [4.69, 9.17) is 14.6 Å². The molecule has 0 saturated heterocycles. The molecule has 1 amide bonds. The van der Waals surface area contributed by atoms with Gasteiger partial charge >= 0.3 is 6.09 Å². The van der Waals surface area contributed by atoms with Crippen LogP contribution < -0.4 is 15.2 Å². The number of benzene rings is 2. The summed E-state index contributed by atoms with van der Waals surface area (Å²) >= 11 is 0. The van der Waals surface area contributed by atoms with Gasteiger partial charge in [-0.05, 0) is 17.7 Å². The van der Waals surface area contributed by atoms with Crippen molar-refractivity contribution in [1.82, 2.24) is 0 Å². The van der Waals surface area contributed by atoms with Crippen LogP contribution in [0.25, 0.3) is 0 Å². The van der Waals surface area contributed by atoms with Gasteiger partial charge in [-0.1, -0.05) is 30.3 Å². The van der Waals surface area contributed by atoms with E-state index in [2.05, 4.69) is 5.32 Å². The van der Waals surface area contributed by atoms with Gasteiger partial charge in [0.15, 0.2) is 0 Å². The van der Waals surface area contributed by atoms with E-state index in [1.807, 2.05) is 30.3 Å². The fraction of sp³-hybridized carbons (Fsp3) is 0.133. The van der Waals surface area contributed by atoms with Crippen molar-refractivity contribution < 1.29 is 22.7 Å². The second-order valence-electron chi connectivity index (χ2n) is 4.60. The molecule has 2 aromatic carbocycles. The normalized spacial score (nSPS) is 10.9. The zero-order chi connectivity index (χ0) is 16.9. The first kappa shape index (κ1) is 16.8. The van der Waals surface area contributed by atoms with Crippen molar-refractivity contribution in [2.24, 2.45) is 5.14 Å². The number of rotatable bonds is 5. The number of nitrogens with one attached hydrogen (secondary N) is 1. The van der Waals surface area contributed by atoms with Crippen LogP contribution in [-0.2, 0) is 21.4 Å². The second-order valence-corrected chi connectivity index (χ2v) is 6.13. The molecule has 2 aromatic rings. The number of sulfonamides is 1. The van der Waals surface area contributed by atoms with E-state index in [0.717, 1.165) is 5.56 Å². The molecule has 0 bridgehead atoms. The summed E-state index contributed by atoms with van der Waals surface area (Å²) in [6.07, 6.45) is -0.667. The highest BCUT2D eigenvalue weighted by atomic mass is 32.2. The van der Waals surface area contributed by atoms with E-state index in [1.54, 1.807) is 0 Å². The van der Waals surface area contributed by atoms with Crippen LogP contribution in [0, 0.1) is 0 Å². The topological polar surface area (TPSA) is 108 Å². The summed E-state index contributed by atoms with van der Waals surface area (Å²) in [5, 5.41) is 7.57. The fourth-order valence-electron chi connectivity index (χ4n) is 1.86. The number of amides is 1. The minimum Gasteiger partial charge on any atom is -0.495 e. The predicted molar refractivity (Wildman–Crippen MR) is 84.6 cm³/mol. The van der Waals surface area contributed by atoms with Gasteiger partial charge in [-0.25, -0.2) is 18.4 Å². The van der Waals surface area contributed by atoms with Crippen molar-refractivity contribution >= 4 is 21.8 Å². The van der Waals surface area contributed by atoms with Gasteiger partial charge in [0.1, 0.15) is 17.3 Å². The number of nitrogens with two attached hydrogens (primary N) is 1. The van der Waals surface area contributed by atoms with Crippen LogP contribution >= 0.6 is 0 Å². The molecule has 0 heterocycles. The molecule has 0 aliphatic carbocycles. The van der Waals surface area contributed by atoms with Gasteiger partial charge in [0.05, 0.1) is 7.11 Å². The third-order valence-corrected chi connectivity index (χ3v) is 3.88. The van der Waals surface area contributed by atoms with E-state index in [9.17, 15) is 13.2 Å². The summed E-state index contributed by atoms with van der Waals surface area (Å²) in [5.74, 6) is 0.0355. The number of ether oxygens (including phenoxy) is 2. The number of anilines is 1. The molecular formula is C15H16N2O5S. The highest BCUT2D eigenvalue weighted by molar-refractivity contribution is 7.89. The summed E-state index contributed by atoms with van der Waals surface area (Å²) < 4.78 is 32.8. The van der Waals surface area contributed by atoms with Crippen LogP contribution in [0.3, 0.4) is 0 Å². The van der Waals surface area contributed by atoms with E-state index >= 15 is 0 Å². The maximum atomic E-state index is 11.8. The number of carbonyl (C=O) groups excluding carboxylic acids is 1. The summed E-state index contributed by atoms with van der Waals surface area (Å²) in [7, 11) is -2.60. The van der Waals surface area contributed by atoms with Crippen LogP contribution in [-0.4, -0.2) is 21.6 Å². The SMILES string of the molecule is COc1cc(NC(=O)OCc2ccccc2)ccc1S(N)(=O)=O. The van der Waals surface area contributed by atoms with Gasteiger partial charge < -0.3 is 9.47 Å². The van der Waals surface area contributed by atoms with Crippen LogP contribution in [0.15, 0.2) is 53.4 Å². The molecule has 0 aliphatic heterocycles. The Morgan fingerprint density at radius 2 is 1.87 bits per heavy atom. The van der Waals surface area contributed by atoms with E-state index in [0.29, 0.717) is 5.69 Å². The minimum absolute atomic E-state index is 0.0355. The quantitative estimate of drug-likeness (QED) is 0.869. The van der Waals surface area contributed by atoms with Crippen molar-refractivity contribution in [3.63, 3.8) is 0 Å². The molecule has 0 aromatic heterocycles. The Balaban J connectivity index is 2.04. The third kappa shape index (κ3) is 4.70. The van der Waals surface area contributed by atoms with E-state index in [-0.39, 0.29) is 17.3 Å². The number of methoxy groups -OCH3 is 1. The number of primary sulfonamides is 1. The number of hydrogen-bond acceptors (Lipinski definition) is 5. The first-order chi connectivity index (χ1) is 10.9. The maximum Gasteiger partial charge on any atom is 0.411 e. The zero-order valence-corrected chi connectivity index (χ0v) is 13.2. The molecule has 0 radical (unpaired) electrons. The lowest BCUT2D eigenvalue weighted by atomic mass is 10.2. The van der Waals surface area contributed by atoms with Crippen molar-refractivity contribution in [3.05, 3.63) is 54.1 Å². The molecule has 0 unspecified atom stereocenters. The van der Waals surface area contributed by atoms with Gasteiger partial charge in [-0.15, -0.1) is 0 Å². The minimum atomic E-state index is -3.91. The van der Waals surface area contributed by atoms with Crippen LogP contribution in [0.1, 0.15) is 5.56 Å². The summed E-state index contributed by atoms with van der Waals surface area (Å²) in [6, 6.07) is 13.2. The lowest BCUT2D eigenvalue weighted by molar-refractivity contribution is 0.155. The van der Waals surface area contributed by atoms with Gasteiger partial charge in [0.2, 0.25) is 10.0 Å². The van der Waals surface area contributed by atoms with Gasteiger partial charge in [-0.2, -0.15) is 0 Å². The molecule has 3 N–H and O–H groups in total. The third-order valence-electron chi connectivity index (χ3n) is 2.93. The van der Waals surface area contributed by atoms with Crippen molar-refractivity contribution in [2.75, 3.05) is 12.4 Å². The molecule has 2 rings (SSSR count). The largest absolute Gasteiger partial charge is 0.495 e. The summed E-state index contributed by atoms with van der Waals surface area (Å²) in [4.78, 5) is 11.6. The van der Waals surface area contributed by atoms with Crippen LogP contribution in [0.2, 0.25) is 0 Å². The van der Waals surface area contributed by atoms with E-state index in [1.165, 1.54) is 25.3 Å². The molecular weight excluding hydrogens is 320 g/mol. The average Bonchev–Trinajstić information content (AvgIpc) is 2.52. The van der Waals surface area contributed by atoms with Crippen LogP contribution in [0.5, 0.6) is 5.75 Å². The van der Waals surface area contributed by atoms with Crippen LogP contribution in [0.4, 0.5) is 10.5 Å². The molecule has 23 heavy (non-hydrogen) atoms. The molecule has 0 fully saturated rings. The maximum absolute atomic E-state index is 11.8. The van der Waals surface area contributed by atoms with E-state index < -0.39 is 16.1 Å². The highest BCUT2D eigenvalue weighted by Gasteiger charge is 2.16. The highest BCUT2D eigenvalue weighted by Crippen LogP contribution is 2.26. The Labute approximate surface area is 134 Å². The Hall–Kier alpha value is -2.58. The molecule has 8 heteroatoms. The molecule has 0 atom stereocenters. The Morgan fingerprint density at radius 1 is 1.17 bits per heavy atom. The lowest BCUT2D eigenvalue weighted by Crippen LogP contribution is -2.15. The van der Waals surface area contributed by atoms with Crippen molar-refractivity contribution in [2.45, 2.75) is 11.5 Å². The monoisotopic (exact) mass is 336 g/mol. The lowest BCUT2D eigenvalue weighted by Gasteiger charge is -2.10. The van der Waals surface area contributed by atoms with Crippen molar-refractivity contribution in [3.8, 4) is 5.75 Å². The summed E-state index contributed by atoms with van der Waals surface area (Å²) in [5.41, 5.74) is 1.18. The fourth-order valence-corrected chi connectivity index (χ4v) is 2.54. The Morgan fingerprint density at radius 3 is 2.48 bits per heavy atom. The number of hydrogen-bond donors (Lipinski definition) is 2. The average molecular weight is 336 g/mol. The molecule has 0 aliphatic rings. The van der Waals surface area contributed by atoms with Gasteiger partial charge in [0.25, 0.3) is 0 Å². The Kier molecular flexibility index (Phi) is 5.20.